The monoisotopic (exact) mass is 389 g/mol. The summed E-state index contributed by atoms with van der Waals surface area (Å²) < 4.78 is 33.7. The Morgan fingerprint density at radius 2 is 2.07 bits per heavy atom. The highest BCUT2D eigenvalue weighted by atomic mass is 19.2. The molecular formula is C18H17F2N5O3. The van der Waals surface area contributed by atoms with Gasteiger partial charge in [0, 0.05) is 19.0 Å². The van der Waals surface area contributed by atoms with Gasteiger partial charge < -0.3 is 15.4 Å². The Labute approximate surface area is 157 Å². The Kier molecular flexibility index (Phi) is 4.25. The van der Waals surface area contributed by atoms with E-state index in [2.05, 4.69) is 20.7 Å². The summed E-state index contributed by atoms with van der Waals surface area (Å²) in [4.78, 5) is 28.8. The molecule has 3 aromatic rings. The summed E-state index contributed by atoms with van der Waals surface area (Å²) in [6.07, 6.45) is 1.65. The van der Waals surface area contributed by atoms with Crippen LogP contribution in [0.25, 0.3) is 11.0 Å². The molecule has 0 radical (unpaired) electrons. The molecule has 0 unspecified atom stereocenters. The smallest absolute Gasteiger partial charge is 0.277 e. The molecule has 10 heteroatoms. The normalized spacial score (nSPS) is 13.6. The van der Waals surface area contributed by atoms with Crippen LogP contribution in [0.1, 0.15) is 12.8 Å². The number of carbonyl (C=O) groups excluding carboxylic acids is 1. The number of pyridine rings is 1. The zero-order valence-corrected chi connectivity index (χ0v) is 15.1. The molecule has 28 heavy (non-hydrogen) atoms. The van der Waals surface area contributed by atoms with E-state index in [0.717, 1.165) is 18.9 Å². The molecule has 8 nitrogen and oxygen atoms in total. The van der Waals surface area contributed by atoms with Gasteiger partial charge >= 0.3 is 0 Å². The molecule has 1 fully saturated rings. The number of rotatable bonds is 5. The Morgan fingerprint density at radius 1 is 1.32 bits per heavy atom. The molecule has 2 heterocycles. The van der Waals surface area contributed by atoms with Crippen molar-refractivity contribution in [2.24, 2.45) is 13.0 Å². The van der Waals surface area contributed by atoms with Crippen molar-refractivity contribution in [2.45, 2.75) is 12.8 Å². The second-order valence-electron chi connectivity index (χ2n) is 6.59. The molecule has 1 aliphatic rings. The standard InChI is InChI=1S/C18H17F2N5O3/c1-25-18(27)13-11(21-10-6-5-9(19)14(20)15(10)28-2)7-12(22-16(13)24-25)23-17(26)8-3-4-8/h5-8H,3-4H2,1-2H3,(H3,21,22,23,24,26). The summed E-state index contributed by atoms with van der Waals surface area (Å²) in [6.45, 7) is 0. The summed E-state index contributed by atoms with van der Waals surface area (Å²) in [7, 11) is 2.73. The van der Waals surface area contributed by atoms with Crippen molar-refractivity contribution in [1.29, 1.82) is 0 Å². The van der Waals surface area contributed by atoms with Crippen LogP contribution in [0, 0.1) is 17.6 Å². The van der Waals surface area contributed by atoms with E-state index in [0.29, 0.717) is 0 Å². The Hall–Kier alpha value is -3.43. The zero-order chi connectivity index (χ0) is 20.0. The van der Waals surface area contributed by atoms with Crippen LogP contribution in [0.2, 0.25) is 0 Å². The van der Waals surface area contributed by atoms with Crippen molar-refractivity contribution >= 4 is 34.1 Å². The van der Waals surface area contributed by atoms with Crippen molar-refractivity contribution < 1.29 is 18.3 Å². The number of methoxy groups -OCH3 is 1. The first-order valence-corrected chi connectivity index (χ1v) is 8.58. The number of ether oxygens (including phenoxy) is 1. The lowest BCUT2D eigenvalue weighted by Gasteiger charge is -2.13. The minimum absolute atomic E-state index is 0.0324. The molecule has 0 atom stereocenters. The van der Waals surface area contributed by atoms with E-state index in [1.807, 2.05) is 0 Å². The van der Waals surface area contributed by atoms with Gasteiger partial charge in [-0.3, -0.25) is 19.4 Å². The maximum atomic E-state index is 14.0. The Bertz CT molecular complexity index is 1150. The predicted octanol–water partition coefficient (Wildman–Crippen LogP) is 2.64. The van der Waals surface area contributed by atoms with Crippen molar-refractivity contribution in [2.75, 3.05) is 17.7 Å². The van der Waals surface area contributed by atoms with Gasteiger partial charge in [-0.2, -0.15) is 4.39 Å². The van der Waals surface area contributed by atoms with Crippen LogP contribution in [0.5, 0.6) is 5.75 Å². The first-order valence-electron chi connectivity index (χ1n) is 8.58. The summed E-state index contributed by atoms with van der Waals surface area (Å²) in [5.74, 6) is -2.49. The molecule has 1 amide bonds. The van der Waals surface area contributed by atoms with Crippen LogP contribution < -0.4 is 20.9 Å². The van der Waals surface area contributed by atoms with Gasteiger partial charge in [0.2, 0.25) is 11.7 Å². The van der Waals surface area contributed by atoms with E-state index >= 15 is 0 Å². The lowest BCUT2D eigenvalue weighted by atomic mass is 10.2. The van der Waals surface area contributed by atoms with Gasteiger partial charge in [0.15, 0.2) is 17.2 Å². The van der Waals surface area contributed by atoms with Crippen molar-refractivity contribution in [1.82, 2.24) is 14.8 Å². The van der Waals surface area contributed by atoms with Gasteiger partial charge in [-0.25, -0.2) is 9.37 Å². The average molecular weight is 389 g/mol. The largest absolute Gasteiger partial charge is 0.491 e. The number of H-pyrrole nitrogens is 1. The molecule has 1 aromatic carbocycles. The number of aryl methyl sites for hydroxylation is 1. The third-order valence-corrected chi connectivity index (χ3v) is 4.53. The van der Waals surface area contributed by atoms with E-state index < -0.39 is 11.6 Å². The molecule has 1 aliphatic carbocycles. The number of carbonyl (C=O) groups is 1. The lowest BCUT2D eigenvalue weighted by Crippen LogP contribution is -2.15. The maximum Gasteiger partial charge on any atom is 0.277 e. The summed E-state index contributed by atoms with van der Waals surface area (Å²) in [5, 5.41) is 8.61. The second kappa shape index (κ2) is 6.63. The zero-order valence-electron chi connectivity index (χ0n) is 15.1. The summed E-state index contributed by atoms with van der Waals surface area (Å²) >= 11 is 0. The van der Waals surface area contributed by atoms with Gasteiger partial charge in [0.1, 0.15) is 11.2 Å². The minimum atomic E-state index is -1.15. The quantitative estimate of drug-likeness (QED) is 0.623. The number of fused-ring (bicyclic) bond motifs is 1. The van der Waals surface area contributed by atoms with E-state index in [-0.39, 0.29) is 51.4 Å². The summed E-state index contributed by atoms with van der Waals surface area (Å²) in [6, 6.07) is 3.71. The number of aromatic amines is 1. The van der Waals surface area contributed by atoms with Gasteiger partial charge in [-0.05, 0) is 25.0 Å². The highest BCUT2D eigenvalue weighted by molar-refractivity contribution is 5.98. The predicted molar refractivity (Wildman–Crippen MR) is 98.9 cm³/mol. The SMILES string of the molecule is COc1c(Nc2cc(NC(=O)C3CC3)nc3[nH]n(C)c(=O)c23)ccc(F)c1F. The first-order chi connectivity index (χ1) is 13.4. The molecular weight excluding hydrogens is 372 g/mol. The third-order valence-electron chi connectivity index (χ3n) is 4.53. The number of hydrogen-bond donors (Lipinski definition) is 3. The maximum absolute atomic E-state index is 14.0. The molecule has 0 aliphatic heterocycles. The Morgan fingerprint density at radius 3 is 2.75 bits per heavy atom. The number of nitrogens with zero attached hydrogens (tertiary/aromatic N) is 2. The van der Waals surface area contributed by atoms with Crippen LogP contribution in [-0.2, 0) is 11.8 Å². The van der Waals surface area contributed by atoms with Crippen LogP contribution in [-0.4, -0.2) is 27.8 Å². The number of amides is 1. The fourth-order valence-electron chi connectivity index (χ4n) is 2.93. The average Bonchev–Trinajstić information content (AvgIpc) is 3.46. The number of anilines is 3. The van der Waals surface area contributed by atoms with E-state index in [9.17, 15) is 18.4 Å². The van der Waals surface area contributed by atoms with Crippen LogP contribution in [0.15, 0.2) is 23.0 Å². The number of hydrogen-bond acceptors (Lipinski definition) is 5. The molecule has 3 N–H and O–H groups in total. The molecule has 0 spiro atoms. The topological polar surface area (TPSA) is 101 Å². The van der Waals surface area contributed by atoms with Gasteiger partial charge in [-0.1, -0.05) is 0 Å². The first kappa shape index (κ1) is 18.0. The van der Waals surface area contributed by atoms with Crippen molar-refractivity contribution in [3.63, 3.8) is 0 Å². The second-order valence-corrected chi connectivity index (χ2v) is 6.59. The van der Waals surface area contributed by atoms with Gasteiger partial charge in [-0.15, -0.1) is 0 Å². The van der Waals surface area contributed by atoms with Gasteiger partial charge in [0.05, 0.1) is 18.5 Å². The molecule has 0 bridgehead atoms. The molecule has 146 valence electrons. The van der Waals surface area contributed by atoms with Crippen molar-refractivity contribution in [3.8, 4) is 5.75 Å². The van der Waals surface area contributed by atoms with Crippen LogP contribution in [0.3, 0.4) is 0 Å². The molecule has 0 saturated heterocycles. The minimum Gasteiger partial charge on any atom is -0.491 e. The lowest BCUT2D eigenvalue weighted by molar-refractivity contribution is -0.117. The molecule has 4 rings (SSSR count). The molecule has 1 saturated carbocycles. The van der Waals surface area contributed by atoms with Crippen LogP contribution >= 0.6 is 0 Å². The highest BCUT2D eigenvalue weighted by Crippen LogP contribution is 2.35. The highest BCUT2D eigenvalue weighted by Gasteiger charge is 2.30. The Balaban J connectivity index is 1.81. The van der Waals surface area contributed by atoms with Crippen LogP contribution in [0.4, 0.5) is 26.0 Å². The number of nitrogens with one attached hydrogen (secondary N) is 3. The van der Waals surface area contributed by atoms with Gasteiger partial charge in [0.25, 0.3) is 5.56 Å². The molecule has 2 aromatic heterocycles. The van der Waals surface area contributed by atoms with E-state index in [4.69, 9.17) is 4.74 Å². The number of benzene rings is 1. The van der Waals surface area contributed by atoms with E-state index in [1.54, 1.807) is 0 Å². The number of aromatic nitrogens is 3. The fraction of sp³-hybridized carbons (Fsp3) is 0.278. The third kappa shape index (κ3) is 3.06. The van der Waals surface area contributed by atoms with E-state index in [1.165, 1.54) is 31.0 Å². The summed E-state index contributed by atoms with van der Waals surface area (Å²) in [5.41, 5.74) is 0.260. The van der Waals surface area contributed by atoms with Crippen molar-refractivity contribution in [3.05, 3.63) is 40.2 Å². The fourth-order valence-corrected chi connectivity index (χ4v) is 2.93. The number of halogens is 2.